The van der Waals surface area contributed by atoms with Gasteiger partial charge < -0.3 is 10.2 Å². The average molecular weight is 546 g/mol. The first-order chi connectivity index (χ1) is 14.7. The molecule has 2 rings (SSSR count). The lowest BCUT2D eigenvalue weighted by Crippen LogP contribution is -2.50. The monoisotopic (exact) mass is 544 g/mol. The van der Waals surface area contributed by atoms with Crippen molar-refractivity contribution in [3.05, 3.63) is 68.1 Å². The van der Waals surface area contributed by atoms with Crippen LogP contribution < -0.4 is 5.32 Å². The van der Waals surface area contributed by atoms with E-state index in [-0.39, 0.29) is 23.6 Å². The number of carbonyl (C=O) groups excluding carboxylic acids is 2. The fourth-order valence-electron chi connectivity index (χ4n) is 2.83. The summed E-state index contributed by atoms with van der Waals surface area (Å²) in [6.07, 6.45) is 0.827. The van der Waals surface area contributed by atoms with Gasteiger partial charge in [-0.25, -0.2) is 0 Å². The summed E-state index contributed by atoms with van der Waals surface area (Å²) >= 11 is 17.3. The lowest BCUT2D eigenvalue weighted by molar-refractivity contribution is -0.138. The molecule has 0 unspecified atom stereocenters. The molecule has 0 bridgehead atoms. The zero-order chi connectivity index (χ0) is 23.0. The maximum Gasteiger partial charge on any atom is 0.242 e. The van der Waals surface area contributed by atoms with E-state index in [4.69, 9.17) is 23.2 Å². The zero-order valence-corrected chi connectivity index (χ0v) is 21.7. The molecule has 0 aliphatic carbocycles. The van der Waals surface area contributed by atoms with E-state index in [1.807, 2.05) is 38.1 Å². The Balaban J connectivity index is 2.11. The summed E-state index contributed by atoms with van der Waals surface area (Å²) in [6.45, 7) is 6.09. The second kappa shape index (κ2) is 12.7. The van der Waals surface area contributed by atoms with Crippen molar-refractivity contribution in [2.75, 3.05) is 5.75 Å². The molecule has 2 aromatic carbocycles. The molecule has 2 amide bonds. The van der Waals surface area contributed by atoms with Crippen LogP contribution in [0.1, 0.15) is 38.3 Å². The maximum absolute atomic E-state index is 13.1. The van der Waals surface area contributed by atoms with Crippen LogP contribution in [0, 0.1) is 0 Å². The minimum absolute atomic E-state index is 0.0522. The summed E-state index contributed by atoms with van der Waals surface area (Å²) in [5.74, 6) is 0.477. The lowest BCUT2D eigenvalue weighted by atomic mass is 10.1. The van der Waals surface area contributed by atoms with Gasteiger partial charge in [0.25, 0.3) is 0 Å². The van der Waals surface area contributed by atoms with E-state index >= 15 is 0 Å². The first kappa shape index (κ1) is 26.0. The number of amides is 2. The van der Waals surface area contributed by atoms with Crippen LogP contribution >= 0.6 is 50.9 Å². The number of nitrogens with zero attached hydrogens (tertiary/aromatic N) is 1. The number of thioether (sulfide) groups is 1. The van der Waals surface area contributed by atoms with Gasteiger partial charge in [-0.2, -0.15) is 0 Å². The molecule has 0 saturated carbocycles. The Morgan fingerprint density at radius 2 is 1.71 bits per heavy atom. The molecule has 0 heterocycles. The Morgan fingerprint density at radius 3 is 2.29 bits per heavy atom. The molecule has 0 aromatic heterocycles. The minimum atomic E-state index is -0.588. The Labute approximate surface area is 207 Å². The van der Waals surface area contributed by atoms with Crippen LogP contribution in [0.5, 0.6) is 0 Å². The van der Waals surface area contributed by atoms with Gasteiger partial charge in [-0.15, -0.1) is 11.8 Å². The number of halogens is 3. The van der Waals surface area contributed by atoms with Crippen molar-refractivity contribution in [3.63, 3.8) is 0 Å². The van der Waals surface area contributed by atoms with E-state index in [1.165, 1.54) is 11.8 Å². The van der Waals surface area contributed by atoms with Crippen molar-refractivity contribution in [1.29, 1.82) is 0 Å². The topological polar surface area (TPSA) is 49.4 Å². The second-order valence-corrected chi connectivity index (χ2v) is 10.1. The third-order valence-corrected chi connectivity index (χ3v) is 7.15. The van der Waals surface area contributed by atoms with Gasteiger partial charge in [0, 0.05) is 32.9 Å². The molecule has 4 nitrogen and oxygen atoms in total. The average Bonchev–Trinajstić information content (AvgIpc) is 2.74. The largest absolute Gasteiger partial charge is 0.352 e. The van der Waals surface area contributed by atoms with Gasteiger partial charge in [0.1, 0.15) is 6.04 Å². The maximum atomic E-state index is 13.1. The lowest BCUT2D eigenvalue weighted by Gasteiger charge is -2.29. The van der Waals surface area contributed by atoms with Crippen molar-refractivity contribution in [2.45, 2.75) is 51.6 Å². The van der Waals surface area contributed by atoms with Crippen LogP contribution in [-0.2, 0) is 21.9 Å². The Hall–Kier alpha value is -1.21. The summed E-state index contributed by atoms with van der Waals surface area (Å²) < 4.78 is 0.962. The summed E-state index contributed by atoms with van der Waals surface area (Å²) in [7, 11) is 0. The highest BCUT2D eigenvalue weighted by Crippen LogP contribution is 2.28. The van der Waals surface area contributed by atoms with Crippen LogP contribution in [0.25, 0.3) is 0 Å². The standard InChI is InChI=1S/C23H27BrCl2N2O2S/c1-4-15(2)27-23(30)16(3)28(12-17-8-10-18(24)11-9-17)22(29)14-31-13-19-20(25)6-5-7-21(19)26/h5-11,15-16H,4,12-14H2,1-3H3,(H,27,30)/t15-,16-/m1/s1. The van der Waals surface area contributed by atoms with E-state index in [2.05, 4.69) is 21.2 Å². The molecule has 0 fully saturated rings. The van der Waals surface area contributed by atoms with Crippen molar-refractivity contribution >= 4 is 62.7 Å². The zero-order valence-electron chi connectivity index (χ0n) is 17.8. The molecule has 168 valence electrons. The molecule has 0 aliphatic heterocycles. The van der Waals surface area contributed by atoms with Gasteiger partial charge >= 0.3 is 0 Å². The van der Waals surface area contributed by atoms with E-state index < -0.39 is 6.04 Å². The Morgan fingerprint density at radius 1 is 1.10 bits per heavy atom. The van der Waals surface area contributed by atoms with Crippen LogP contribution in [0.4, 0.5) is 0 Å². The highest BCUT2D eigenvalue weighted by atomic mass is 79.9. The molecule has 2 aromatic rings. The normalized spacial score (nSPS) is 12.8. The van der Waals surface area contributed by atoms with Gasteiger partial charge in [-0.05, 0) is 55.7 Å². The van der Waals surface area contributed by atoms with Gasteiger partial charge in [-0.1, -0.05) is 64.3 Å². The summed E-state index contributed by atoms with van der Waals surface area (Å²) in [6, 6.07) is 12.6. The van der Waals surface area contributed by atoms with Crippen molar-refractivity contribution < 1.29 is 9.59 Å². The SMILES string of the molecule is CC[C@@H](C)NC(=O)[C@@H](C)N(Cc1ccc(Br)cc1)C(=O)CSCc1c(Cl)cccc1Cl. The number of hydrogen-bond acceptors (Lipinski definition) is 3. The molecule has 31 heavy (non-hydrogen) atoms. The molecule has 0 spiro atoms. The molecular weight excluding hydrogens is 519 g/mol. The van der Waals surface area contributed by atoms with Crippen molar-refractivity contribution in [1.82, 2.24) is 10.2 Å². The van der Waals surface area contributed by atoms with Crippen molar-refractivity contribution in [3.8, 4) is 0 Å². The summed E-state index contributed by atoms with van der Waals surface area (Å²) in [5, 5.41) is 4.14. The van der Waals surface area contributed by atoms with Gasteiger partial charge in [0.2, 0.25) is 11.8 Å². The Kier molecular flexibility index (Phi) is 10.7. The third kappa shape index (κ3) is 8.01. The predicted molar refractivity (Wildman–Crippen MR) is 135 cm³/mol. The van der Waals surface area contributed by atoms with E-state index in [0.717, 1.165) is 22.0 Å². The smallest absolute Gasteiger partial charge is 0.242 e. The molecule has 8 heteroatoms. The highest BCUT2D eigenvalue weighted by Gasteiger charge is 2.26. The summed E-state index contributed by atoms with van der Waals surface area (Å²) in [5.41, 5.74) is 1.77. The molecule has 0 radical (unpaired) electrons. The van der Waals surface area contributed by atoms with E-state index in [9.17, 15) is 9.59 Å². The molecule has 1 N–H and O–H groups in total. The molecule has 0 saturated heterocycles. The van der Waals surface area contributed by atoms with E-state index in [1.54, 1.807) is 30.0 Å². The number of hydrogen-bond donors (Lipinski definition) is 1. The fourth-order valence-corrected chi connectivity index (χ4v) is 4.74. The first-order valence-corrected chi connectivity index (χ1v) is 12.8. The van der Waals surface area contributed by atoms with E-state index in [0.29, 0.717) is 22.3 Å². The minimum Gasteiger partial charge on any atom is -0.352 e. The number of nitrogens with one attached hydrogen (secondary N) is 1. The van der Waals surface area contributed by atoms with Crippen molar-refractivity contribution in [2.24, 2.45) is 0 Å². The first-order valence-electron chi connectivity index (χ1n) is 10.1. The number of benzene rings is 2. The van der Waals surface area contributed by atoms with Gasteiger partial charge in [0.15, 0.2) is 0 Å². The van der Waals surface area contributed by atoms with Crippen LogP contribution in [-0.4, -0.2) is 34.6 Å². The number of carbonyl (C=O) groups is 2. The summed E-state index contributed by atoms with van der Waals surface area (Å²) in [4.78, 5) is 27.5. The second-order valence-electron chi connectivity index (χ2n) is 7.33. The predicted octanol–water partition coefficient (Wildman–Crippen LogP) is 6.32. The van der Waals surface area contributed by atoms with Crippen LogP contribution in [0.2, 0.25) is 10.0 Å². The number of rotatable bonds is 10. The molecule has 2 atom stereocenters. The van der Waals surface area contributed by atoms with Gasteiger partial charge in [0.05, 0.1) is 5.75 Å². The van der Waals surface area contributed by atoms with Crippen LogP contribution in [0.3, 0.4) is 0 Å². The molecular formula is C23H27BrCl2N2O2S. The highest BCUT2D eigenvalue weighted by molar-refractivity contribution is 9.10. The quantitative estimate of drug-likeness (QED) is 0.380. The fraction of sp³-hybridized carbons (Fsp3) is 0.391. The molecule has 0 aliphatic rings. The Bertz CT molecular complexity index is 875. The van der Waals surface area contributed by atoms with Crippen LogP contribution in [0.15, 0.2) is 46.9 Å². The third-order valence-electron chi connectivity index (χ3n) is 4.97. The van der Waals surface area contributed by atoms with Gasteiger partial charge in [-0.3, -0.25) is 9.59 Å².